The molecule has 0 aromatic heterocycles. The van der Waals surface area contributed by atoms with Crippen molar-refractivity contribution in [3.63, 3.8) is 0 Å². The number of nitrogens with one attached hydrogen (secondary N) is 1. The zero-order chi connectivity index (χ0) is 25.3. The second-order valence-electron chi connectivity index (χ2n) is 8.75. The van der Waals surface area contributed by atoms with Crippen LogP contribution in [-0.2, 0) is 16.1 Å². The Hall–Kier alpha value is -2.54. The van der Waals surface area contributed by atoms with Crippen LogP contribution in [0.5, 0.6) is 11.5 Å². The van der Waals surface area contributed by atoms with E-state index in [9.17, 15) is 9.59 Å². The normalized spacial score (nSPS) is 12.7. The molecule has 2 atom stereocenters. The average molecular weight is 534 g/mol. The third kappa shape index (κ3) is 7.76. The minimum atomic E-state index is -0.608. The van der Waals surface area contributed by atoms with Crippen molar-refractivity contribution in [2.45, 2.75) is 72.0 Å². The molecule has 0 radical (unpaired) electrons. The molecule has 186 valence electrons. The zero-order valence-corrected chi connectivity index (χ0v) is 22.6. The smallest absolute Gasteiger partial charge is 0.261 e. The molecule has 2 aromatic carbocycles. The monoisotopic (exact) mass is 532 g/mol. The van der Waals surface area contributed by atoms with Gasteiger partial charge in [0.2, 0.25) is 5.91 Å². The van der Waals surface area contributed by atoms with Crippen molar-refractivity contribution in [2.24, 2.45) is 0 Å². The van der Waals surface area contributed by atoms with Crippen LogP contribution in [0.1, 0.15) is 64.5 Å². The Morgan fingerprint density at radius 3 is 2.38 bits per heavy atom. The topological polar surface area (TPSA) is 67.9 Å². The molecule has 0 aliphatic heterocycles. The van der Waals surface area contributed by atoms with E-state index in [1.54, 1.807) is 12.0 Å². The van der Waals surface area contributed by atoms with Crippen LogP contribution in [0.3, 0.4) is 0 Å². The average Bonchev–Trinajstić information content (AvgIpc) is 2.82. The first kappa shape index (κ1) is 27.7. The molecule has 6 nitrogen and oxygen atoms in total. The number of nitrogens with zero attached hydrogens (tertiary/aromatic N) is 1. The number of hydrogen-bond acceptors (Lipinski definition) is 4. The molecule has 0 spiro atoms. The quantitative estimate of drug-likeness (QED) is 0.381. The van der Waals surface area contributed by atoms with E-state index in [0.717, 1.165) is 16.5 Å². The highest BCUT2D eigenvalue weighted by Gasteiger charge is 2.29. The molecule has 2 rings (SSSR count). The van der Waals surface area contributed by atoms with Crippen molar-refractivity contribution >= 4 is 27.7 Å². The Morgan fingerprint density at radius 1 is 1.06 bits per heavy atom. The maximum atomic E-state index is 13.4. The van der Waals surface area contributed by atoms with Crippen LogP contribution < -0.4 is 14.8 Å². The highest BCUT2D eigenvalue weighted by Crippen LogP contribution is 2.29. The molecule has 0 aliphatic carbocycles. The number of ether oxygens (including phenoxy) is 2. The minimum absolute atomic E-state index is 0.0296. The van der Waals surface area contributed by atoms with Gasteiger partial charge in [-0.05, 0) is 77.0 Å². The predicted octanol–water partition coefficient (Wildman–Crippen LogP) is 5.68. The van der Waals surface area contributed by atoms with Gasteiger partial charge in [0.25, 0.3) is 5.91 Å². The third-order valence-electron chi connectivity index (χ3n) is 5.85. The Balaban J connectivity index is 2.26. The van der Waals surface area contributed by atoms with Crippen molar-refractivity contribution in [2.75, 3.05) is 13.7 Å². The number of hydrogen-bond donors (Lipinski definition) is 1. The summed E-state index contributed by atoms with van der Waals surface area (Å²) in [6, 6.07) is 12.8. The van der Waals surface area contributed by atoms with Crippen molar-refractivity contribution in [3.05, 3.63) is 58.1 Å². The van der Waals surface area contributed by atoms with Crippen LogP contribution in [-0.4, -0.2) is 42.5 Å². The fraction of sp³-hybridized carbons (Fsp3) is 0.481. The molecule has 0 aliphatic rings. The molecule has 7 heteroatoms. The van der Waals surface area contributed by atoms with Gasteiger partial charge in [-0.15, -0.1) is 0 Å². The summed E-state index contributed by atoms with van der Waals surface area (Å²) in [6.45, 7) is 10.2. The molecule has 2 aromatic rings. The minimum Gasteiger partial charge on any atom is -0.497 e. The van der Waals surface area contributed by atoms with Crippen LogP contribution in [0, 0.1) is 0 Å². The van der Waals surface area contributed by atoms with Crippen molar-refractivity contribution in [1.29, 1.82) is 0 Å². The molecule has 0 bridgehead atoms. The largest absolute Gasteiger partial charge is 0.497 e. The molecule has 0 heterocycles. The van der Waals surface area contributed by atoms with E-state index in [0.29, 0.717) is 23.8 Å². The number of carbonyl (C=O) groups is 2. The van der Waals surface area contributed by atoms with E-state index >= 15 is 0 Å². The fourth-order valence-corrected chi connectivity index (χ4v) is 4.05. The summed E-state index contributed by atoms with van der Waals surface area (Å²) < 4.78 is 12.0. The lowest BCUT2D eigenvalue weighted by Crippen LogP contribution is -2.51. The number of carbonyl (C=O) groups excluding carboxylic acids is 2. The molecular weight excluding hydrogens is 496 g/mol. The summed E-state index contributed by atoms with van der Waals surface area (Å²) in [5.74, 6) is 1.27. The lowest BCUT2D eigenvalue weighted by atomic mass is 10.0. The maximum absolute atomic E-state index is 13.4. The second kappa shape index (κ2) is 13.4. The van der Waals surface area contributed by atoms with E-state index in [4.69, 9.17) is 9.47 Å². The Bertz CT molecular complexity index is 963. The first-order valence-electron chi connectivity index (χ1n) is 11.8. The molecule has 0 fully saturated rings. The van der Waals surface area contributed by atoms with Gasteiger partial charge in [0.15, 0.2) is 6.61 Å². The first-order valence-corrected chi connectivity index (χ1v) is 12.6. The lowest BCUT2D eigenvalue weighted by Gasteiger charge is -2.31. The number of amides is 2. The first-order chi connectivity index (χ1) is 16.2. The van der Waals surface area contributed by atoms with Gasteiger partial charge in [-0.25, -0.2) is 0 Å². The van der Waals surface area contributed by atoms with Gasteiger partial charge < -0.3 is 19.7 Å². The van der Waals surface area contributed by atoms with Gasteiger partial charge in [-0.3, -0.25) is 9.59 Å². The molecule has 1 N–H and O–H groups in total. The molecule has 0 saturated carbocycles. The number of rotatable bonds is 12. The summed E-state index contributed by atoms with van der Waals surface area (Å²) >= 11 is 3.55. The number of halogens is 1. The summed E-state index contributed by atoms with van der Waals surface area (Å²) in [4.78, 5) is 28.1. The van der Waals surface area contributed by atoms with Gasteiger partial charge in [0.1, 0.15) is 17.5 Å². The maximum Gasteiger partial charge on any atom is 0.261 e. The molecule has 34 heavy (non-hydrogen) atoms. The second-order valence-corrected chi connectivity index (χ2v) is 9.60. The molecule has 0 saturated heterocycles. The molecular formula is C27H37BrN2O4. The van der Waals surface area contributed by atoms with E-state index in [2.05, 4.69) is 35.1 Å². The van der Waals surface area contributed by atoms with Gasteiger partial charge in [-0.1, -0.05) is 45.9 Å². The van der Waals surface area contributed by atoms with Gasteiger partial charge in [0, 0.05) is 12.6 Å². The van der Waals surface area contributed by atoms with Crippen molar-refractivity contribution < 1.29 is 19.1 Å². The highest BCUT2D eigenvalue weighted by molar-refractivity contribution is 9.10. The zero-order valence-electron chi connectivity index (χ0n) is 21.1. The predicted molar refractivity (Wildman–Crippen MR) is 139 cm³/mol. The summed E-state index contributed by atoms with van der Waals surface area (Å²) in [7, 11) is 1.60. The lowest BCUT2D eigenvalue weighted by molar-refractivity contribution is -0.143. The molecule has 2 amide bonds. The van der Waals surface area contributed by atoms with Crippen molar-refractivity contribution in [3.8, 4) is 11.5 Å². The van der Waals surface area contributed by atoms with E-state index in [1.165, 1.54) is 5.56 Å². The van der Waals surface area contributed by atoms with Crippen molar-refractivity contribution in [1.82, 2.24) is 10.2 Å². The Morgan fingerprint density at radius 2 is 1.79 bits per heavy atom. The summed E-state index contributed by atoms with van der Waals surface area (Å²) in [5, 5.41) is 3.02. The van der Waals surface area contributed by atoms with Crippen LogP contribution in [0.25, 0.3) is 0 Å². The van der Waals surface area contributed by atoms with Crippen LogP contribution >= 0.6 is 15.9 Å². The third-order valence-corrected chi connectivity index (χ3v) is 6.47. The Labute approximate surface area is 212 Å². The summed E-state index contributed by atoms with van der Waals surface area (Å²) in [6.07, 6.45) is 1.31. The van der Waals surface area contributed by atoms with Crippen LogP contribution in [0.15, 0.2) is 46.9 Å². The van der Waals surface area contributed by atoms with E-state index < -0.39 is 6.04 Å². The molecule has 0 unspecified atom stereocenters. The standard InChI is InChI=1S/C27H37BrN2O4/c1-7-19(5)29-27(32)24(8-2)30(16-20-10-9-11-22(14-20)33-6)26(31)17-34-25-13-12-21(18(3)4)15-23(25)28/h9-15,18-19,24H,7-8,16-17H2,1-6H3,(H,29,32)/t19-,24-/m0/s1. The SMILES string of the molecule is CC[C@H](C)NC(=O)[C@H](CC)N(Cc1cccc(OC)c1)C(=O)COc1ccc(C(C)C)cc1Br. The summed E-state index contributed by atoms with van der Waals surface area (Å²) in [5.41, 5.74) is 2.06. The van der Waals surface area contributed by atoms with Gasteiger partial charge in [0.05, 0.1) is 11.6 Å². The van der Waals surface area contributed by atoms with E-state index in [1.807, 2.05) is 63.2 Å². The number of benzene rings is 2. The Kier molecular flexibility index (Phi) is 10.9. The fourth-order valence-electron chi connectivity index (χ4n) is 3.54. The van der Waals surface area contributed by atoms with Crippen LogP contribution in [0.2, 0.25) is 0 Å². The van der Waals surface area contributed by atoms with Gasteiger partial charge in [-0.2, -0.15) is 0 Å². The van der Waals surface area contributed by atoms with E-state index in [-0.39, 0.29) is 31.0 Å². The van der Waals surface area contributed by atoms with Crippen LogP contribution in [0.4, 0.5) is 0 Å². The number of methoxy groups -OCH3 is 1. The highest BCUT2D eigenvalue weighted by atomic mass is 79.9. The van der Waals surface area contributed by atoms with Gasteiger partial charge >= 0.3 is 0 Å².